The van der Waals surface area contributed by atoms with E-state index in [1.54, 1.807) is 0 Å². The highest BCUT2D eigenvalue weighted by Gasteiger charge is 2.22. The molecule has 4 nitrogen and oxygen atoms in total. The van der Waals surface area contributed by atoms with Gasteiger partial charge in [-0.25, -0.2) is 9.78 Å². The van der Waals surface area contributed by atoms with Crippen LogP contribution in [-0.2, 0) is 0 Å². The predicted molar refractivity (Wildman–Crippen MR) is 113 cm³/mol. The Kier molecular flexibility index (Phi) is 4.77. The number of anilines is 1. The molecule has 0 aliphatic rings. The summed E-state index contributed by atoms with van der Waals surface area (Å²) < 4.78 is 5.62. The molecule has 2 heterocycles. The van der Waals surface area contributed by atoms with Crippen LogP contribution in [0.25, 0.3) is 32.8 Å². The smallest absolute Gasteiger partial charge is 0.347 e. The first-order chi connectivity index (χ1) is 13.2. The number of rotatable bonds is 5. The van der Waals surface area contributed by atoms with Gasteiger partial charge in [0, 0.05) is 29.4 Å². The second kappa shape index (κ2) is 7.37. The van der Waals surface area contributed by atoms with Crippen LogP contribution in [0.4, 0.5) is 5.69 Å². The molecule has 0 spiro atoms. The standard InChI is InChI=1S/C22H20N2O2S/c1-3-24(4-2)20-16-12-8-9-13-18(16)26-22(25)19(20)17-14-27-21(23-17)15-10-6-5-7-11-15/h5-14H,3-4H2,1-2H3. The Morgan fingerprint density at radius 1 is 1.00 bits per heavy atom. The van der Waals surface area contributed by atoms with Crippen molar-refractivity contribution >= 4 is 28.0 Å². The summed E-state index contributed by atoms with van der Waals surface area (Å²) in [6, 6.07) is 17.7. The predicted octanol–water partition coefficient (Wildman–Crippen LogP) is 5.43. The summed E-state index contributed by atoms with van der Waals surface area (Å²) >= 11 is 1.54. The molecule has 0 atom stereocenters. The Labute approximate surface area is 161 Å². The van der Waals surface area contributed by atoms with Gasteiger partial charge < -0.3 is 9.32 Å². The summed E-state index contributed by atoms with van der Waals surface area (Å²) in [4.78, 5) is 19.9. The van der Waals surface area contributed by atoms with Crippen LogP contribution in [0.1, 0.15) is 13.8 Å². The summed E-state index contributed by atoms with van der Waals surface area (Å²) in [7, 11) is 0. The molecule has 27 heavy (non-hydrogen) atoms. The lowest BCUT2D eigenvalue weighted by molar-refractivity contribution is 0.562. The molecular weight excluding hydrogens is 356 g/mol. The highest BCUT2D eigenvalue weighted by Crippen LogP contribution is 2.36. The topological polar surface area (TPSA) is 46.3 Å². The van der Waals surface area contributed by atoms with Crippen LogP contribution in [0.15, 0.2) is 69.2 Å². The monoisotopic (exact) mass is 376 g/mol. The normalized spacial score (nSPS) is 11.0. The minimum atomic E-state index is -0.347. The fraction of sp³-hybridized carbons (Fsp3) is 0.182. The van der Waals surface area contributed by atoms with Crippen molar-refractivity contribution in [1.29, 1.82) is 0 Å². The Bertz CT molecular complexity index is 1130. The zero-order valence-corrected chi connectivity index (χ0v) is 16.1. The molecule has 0 saturated heterocycles. The zero-order chi connectivity index (χ0) is 18.8. The average Bonchev–Trinajstić information content (AvgIpc) is 3.19. The van der Waals surface area contributed by atoms with Crippen LogP contribution in [-0.4, -0.2) is 18.1 Å². The summed E-state index contributed by atoms with van der Waals surface area (Å²) in [6.45, 7) is 5.78. The molecule has 0 unspecified atom stereocenters. The van der Waals surface area contributed by atoms with Gasteiger partial charge in [0.2, 0.25) is 0 Å². The largest absolute Gasteiger partial charge is 0.422 e. The van der Waals surface area contributed by atoms with Crippen LogP contribution in [0, 0.1) is 0 Å². The third-order valence-electron chi connectivity index (χ3n) is 4.65. The van der Waals surface area contributed by atoms with Crippen molar-refractivity contribution in [1.82, 2.24) is 4.98 Å². The van der Waals surface area contributed by atoms with Gasteiger partial charge >= 0.3 is 5.63 Å². The molecule has 4 aromatic rings. The number of benzene rings is 2. The number of hydrogen-bond acceptors (Lipinski definition) is 5. The van der Waals surface area contributed by atoms with Crippen LogP contribution < -0.4 is 10.5 Å². The molecule has 0 amide bonds. The lowest BCUT2D eigenvalue weighted by Gasteiger charge is -2.24. The maximum absolute atomic E-state index is 12.9. The van der Waals surface area contributed by atoms with Gasteiger partial charge in [0.1, 0.15) is 16.2 Å². The molecule has 0 radical (unpaired) electrons. The van der Waals surface area contributed by atoms with Gasteiger partial charge in [0.05, 0.1) is 11.4 Å². The first-order valence-electron chi connectivity index (χ1n) is 9.05. The third kappa shape index (κ3) is 3.15. The van der Waals surface area contributed by atoms with Gasteiger partial charge in [-0.05, 0) is 26.0 Å². The Hall–Kier alpha value is -2.92. The summed E-state index contributed by atoms with van der Waals surface area (Å²) in [5.41, 5.74) is 3.41. The molecule has 2 aromatic carbocycles. The Balaban J connectivity index is 1.96. The lowest BCUT2D eigenvalue weighted by atomic mass is 10.1. The van der Waals surface area contributed by atoms with Crippen molar-refractivity contribution in [2.24, 2.45) is 0 Å². The van der Waals surface area contributed by atoms with Gasteiger partial charge in [0.25, 0.3) is 0 Å². The molecule has 0 aliphatic heterocycles. The first-order valence-corrected chi connectivity index (χ1v) is 9.93. The van der Waals surface area contributed by atoms with Crippen molar-refractivity contribution in [3.8, 4) is 21.8 Å². The van der Waals surface area contributed by atoms with E-state index in [0.717, 1.165) is 34.7 Å². The van der Waals surface area contributed by atoms with E-state index in [0.29, 0.717) is 16.8 Å². The number of hydrogen-bond donors (Lipinski definition) is 0. The van der Waals surface area contributed by atoms with E-state index in [2.05, 4.69) is 18.7 Å². The molecule has 0 N–H and O–H groups in total. The zero-order valence-electron chi connectivity index (χ0n) is 15.3. The fourth-order valence-electron chi connectivity index (χ4n) is 3.33. The molecule has 0 fully saturated rings. The van der Waals surface area contributed by atoms with E-state index in [4.69, 9.17) is 9.40 Å². The quantitative estimate of drug-likeness (QED) is 0.436. The van der Waals surface area contributed by atoms with Crippen LogP contribution >= 0.6 is 11.3 Å². The molecule has 136 valence electrons. The number of fused-ring (bicyclic) bond motifs is 1. The van der Waals surface area contributed by atoms with E-state index in [1.807, 2.05) is 60.0 Å². The summed E-state index contributed by atoms with van der Waals surface area (Å²) in [5.74, 6) is 0. The average molecular weight is 376 g/mol. The molecular formula is C22H20N2O2S. The van der Waals surface area contributed by atoms with Crippen molar-refractivity contribution in [3.05, 3.63) is 70.4 Å². The molecule has 2 aromatic heterocycles. The third-order valence-corrected chi connectivity index (χ3v) is 5.54. The molecule has 5 heteroatoms. The highest BCUT2D eigenvalue weighted by atomic mass is 32.1. The van der Waals surface area contributed by atoms with E-state index in [-0.39, 0.29) is 5.63 Å². The van der Waals surface area contributed by atoms with Crippen LogP contribution in [0.2, 0.25) is 0 Å². The van der Waals surface area contributed by atoms with Crippen molar-refractivity contribution in [3.63, 3.8) is 0 Å². The van der Waals surface area contributed by atoms with Crippen LogP contribution in [0.3, 0.4) is 0 Å². The summed E-state index contributed by atoms with van der Waals surface area (Å²) in [6.07, 6.45) is 0. The van der Waals surface area contributed by atoms with Crippen molar-refractivity contribution in [2.75, 3.05) is 18.0 Å². The van der Waals surface area contributed by atoms with Gasteiger partial charge in [-0.15, -0.1) is 11.3 Å². The van der Waals surface area contributed by atoms with E-state index >= 15 is 0 Å². The molecule has 0 saturated carbocycles. The van der Waals surface area contributed by atoms with Crippen molar-refractivity contribution in [2.45, 2.75) is 13.8 Å². The summed E-state index contributed by atoms with van der Waals surface area (Å²) in [5, 5.41) is 3.77. The number of thiazole rings is 1. The fourth-order valence-corrected chi connectivity index (χ4v) is 4.15. The Morgan fingerprint density at radius 3 is 2.44 bits per heavy atom. The van der Waals surface area contributed by atoms with E-state index < -0.39 is 0 Å². The van der Waals surface area contributed by atoms with E-state index in [1.165, 1.54) is 11.3 Å². The van der Waals surface area contributed by atoms with Crippen LogP contribution in [0.5, 0.6) is 0 Å². The van der Waals surface area contributed by atoms with Gasteiger partial charge in [-0.3, -0.25) is 0 Å². The van der Waals surface area contributed by atoms with Gasteiger partial charge in [-0.2, -0.15) is 0 Å². The second-order valence-corrected chi connectivity index (χ2v) is 7.04. The van der Waals surface area contributed by atoms with Gasteiger partial charge in [0.15, 0.2) is 0 Å². The molecule has 0 bridgehead atoms. The number of nitrogens with zero attached hydrogens (tertiary/aromatic N) is 2. The van der Waals surface area contributed by atoms with Crippen molar-refractivity contribution < 1.29 is 4.42 Å². The minimum absolute atomic E-state index is 0.347. The number of para-hydroxylation sites is 1. The first kappa shape index (κ1) is 17.5. The molecule has 0 aliphatic carbocycles. The highest BCUT2D eigenvalue weighted by molar-refractivity contribution is 7.13. The minimum Gasteiger partial charge on any atom is -0.422 e. The SMILES string of the molecule is CCN(CC)c1c(-c2csc(-c3ccccc3)n2)c(=O)oc2ccccc12. The Morgan fingerprint density at radius 2 is 1.70 bits per heavy atom. The maximum atomic E-state index is 12.9. The lowest BCUT2D eigenvalue weighted by Crippen LogP contribution is -2.25. The maximum Gasteiger partial charge on any atom is 0.347 e. The van der Waals surface area contributed by atoms with E-state index in [9.17, 15) is 4.79 Å². The second-order valence-electron chi connectivity index (χ2n) is 6.19. The molecule has 4 rings (SSSR count). The van der Waals surface area contributed by atoms with Gasteiger partial charge in [-0.1, -0.05) is 42.5 Å². The number of aromatic nitrogens is 1.